The minimum atomic E-state index is -3.83. The summed E-state index contributed by atoms with van der Waals surface area (Å²) in [6.45, 7) is 5.55. The predicted octanol–water partition coefficient (Wildman–Crippen LogP) is 3.77. The minimum Gasteiger partial charge on any atom is -0.326 e. The van der Waals surface area contributed by atoms with Crippen LogP contribution in [0, 0.1) is 20.8 Å². The Kier molecular flexibility index (Phi) is 6.47. The van der Waals surface area contributed by atoms with E-state index in [2.05, 4.69) is 20.0 Å². The first-order valence-corrected chi connectivity index (χ1v) is 11.0. The quantitative estimate of drug-likeness (QED) is 0.601. The highest BCUT2D eigenvalue weighted by molar-refractivity contribution is 7.92. The molecular weight excluding hydrogens is 400 g/mol. The Labute approximate surface area is 176 Å². The summed E-state index contributed by atoms with van der Waals surface area (Å²) < 4.78 is 27.5. The van der Waals surface area contributed by atoms with Crippen molar-refractivity contribution in [2.24, 2.45) is 0 Å². The van der Waals surface area contributed by atoms with E-state index in [4.69, 9.17) is 0 Å². The van der Waals surface area contributed by atoms with Crippen molar-refractivity contribution < 1.29 is 13.2 Å². The summed E-state index contributed by atoms with van der Waals surface area (Å²) in [5.74, 6) is -0.103. The molecule has 0 spiro atoms. The molecule has 0 aliphatic carbocycles. The first-order valence-electron chi connectivity index (χ1n) is 9.52. The summed E-state index contributed by atoms with van der Waals surface area (Å²) >= 11 is 0. The molecular formula is C22H24N4O3S. The van der Waals surface area contributed by atoms with Crippen molar-refractivity contribution in [1.82, 2.24) is 9.97 Å². The minimum absolute atomic E-state index is 0.0287. The van der Waals surface area contributed by atoms with Gasteiger partial charge in [-0.05, 0) is 63.1 Å². The molecule has 0 saturated heterocycles. The highest BCUT2D eigenvalue weighted by Crippen LogP contribution is 2.17. The maximum absolute atomic E-state index is 12.6. The molecule has 7 nitrogen and oxygen atoms in total. The Morgan fingerprint density at radius 3 is 2.10 bits per heavy atom. The SMILES string of the molecule is Cc1ccc(CCC(=O)Nc2ccc(S(=O)(=O)Nc3nc(C)cc(C)n3)cc2)cc1. The van der Waals surface area contributed by atoms with Gasteiger partial charge in [0.2, 0.25) is 11.9 Å². The number of aromatic nitrogens is 2. The van der Waals surface area contributed by atoms with Crippen molar-refractivity contribution in [1.29, 1.82) is 0 Å². The second-order valence-corrected chi connectivity index (χ2v) is 8.82. The Balaban J connectivity index is 1.60. The molecule has 30 heavy (non-hydrogen) atoms. The molecule has 0 aliphatic heterocycles. The van der Waals surface area contributed by atoms with Crippen molar-refractivity contribution in [3.63, 3.8) is 0 Å². The van der Waals surface area contributed by atoms with E-state index in [9.17, 15) is 13.2 Å². The number of benzene rings is 2. The molecule has 2 N–H and O–H groups in total. The number of nitrogens with one attached hydrogen (secondary N) is 2. The lowest BCUT2D eigenvalue weighted by Crippen LogP contribution is -2.16. The van der Waals surface area contributed by atoms with Crippen LogP contribution in [0.4, 0.5) is 11.6 Å². The van der Waals surface area contributed by atoms with Gasteiger partial charge in [-0.25, -0.2) is 23.1 Å². The number of anilines is 2. The van der Waals surface area contributed by atoms with Gasteiger partial charge in [0.05, 0.1) is 4.90 Å². The third kappa shape index (κ3) is 5.87. The van der Waals surface area contributed by atoms with Gasteiger partial charge in [0.1, 0.15) is 0 Å². The topological polar surface area (TPSA) is 101 Å². The highest BCUT2D eigenvalue weighted by atomic mass is 32.2. The Morgan fingerprint density at radius 1 is 0.900 bits per heavy atom. The Hall–Kier alpha value is -3.26. The number of nitrogens with zero attached hydrogens (tertiary/aromatic N) is 2. The molecule has 3 aromatic rings. The number of hydrogen-bond acceptors (Lipinski definition) is 5. The second-order valence-electron chi connectivity index (χ2n) is 7.14. The van der Waals surface area contributed by atoms with E-state index >= 15 is 0 Å². The van der Waals surface area contributed by atoms with Crippen LogP contribution >= 0.6 is 0 Å². The molecule has 1 heterocycles. The molecule has 8 heteroatoms. The maximum Gasteiger partial charge on any atom is 0.264 e. The van der Waals surface area contributed by atoms with Crippen molar-refractivity contribution in [3.8, 4) is 0 Å². The monoisotopic (exact) mass is 424 g/mol. The maximum atomic E-state index is 12.6. The first kappa shape index (κ1) is 21.4. The lowest BCUT2D eigenvalue weighted by Gasteiger charge is -2.09. The molecule has 3 rings (SSSR count). The van der Waals surface area contributed by atoms with Gasteiger partial charge in [0.25, 0.3) is 10.0 Å². The van der Waals surface area contributed by atoms with Gasteiger partial charge in [-0.2, -0.15) is 0 Å². The number of carbonyl (C=O) groups excluding carboxylic acids is 1. The molecule has 0 aliphatic rings. The van der Waals surface area contributed by atoms with Crippen LogP contribution in [-0.4, -0.2) is 24.3 Å². The van der Waals surface area contributed by atoms with Crippen LogP contribution in [0.2, 0.25) is 0 Å². The van der Waals surface area contributed by atoms with Gasteiger partial charge in [-0.15, -0.1) is 0 Å². The van der Waals surface area contributed by atoms with Gasteiger partial charge < -0.3 is 5.32 Å². The molecule has 1 aromatic heterocycles. The van der Waals surface area contributed by atoms with Gasteiger partial charge in [-0.3, -0.25) is 4.79 Å². The number of carbonyl (C=O) groups is 1. The smallest absolute Gasteiger partial charge is 0.264 e. The zero-order chi connectivity index (χ0) is 21.7. The molecule has 0 saturated carbocycles. The average molecular weight is 425 g/mol. The van der Waals surface area contributed by atoms with E-state index < -0.39 is 10.0 Å². The summed E-state index contributed by atoms with van der Waals surface area (Å²) in [5, 5.41) is 2.79. The summed E-state index contributed by atoms with van der Waals surface area (Å²) in [4.78, 5) is 20.4. The zero-order valence-electron chi connectivity index (χ0n) is 17.1. The van der Waals surface area contributed by atoms with Crippen molar-refractivity contribution in [2.75, 3.05) is 10.0 Å². The molecule has 1 amide bonds. The number of amides is 1. The summed E-state index contributed by atoms with van der Waals surface area (Å²) in [7, 11) is -3.83. The second kappa shape index (κ2) is 9.04. The first-order chi connectivity index (χ1) is 14.2. The average Bonchev–Trinajstić information content (AvgIpc) is 2.67. The lowest BCUT2D eigenvalue weighted by molar-refractivity contribution is -0.116. The fraction of sp³-hybridized carbons (Fsp3) is 0.227. The van der Waals surface area contributed by atoms with Crippen molar-refractivity contribution in [3.05, 3.63) is 77.1 Å². The van der Waals surface area contributed by atoms with E-state index in [1.54, 1.807) is 32.0 Å². The van der Waals surface area contributed by atoms with Crippen LogP contribution in [-0.2, 0) is 21.2 Å². The van der Waals surface area contributed by atoms with Crippen molar-refractivity contribution >= 4 is 27.6 Å². The molecule has 156 valence electrons. The Bertz CT molecular complexity index is 1120. The van der Waals surface area contributed by atoms with Crippen LogP contribution in [0.3, 0.4) is 0 Å². The molecule has 2 aromatic carbocycles. The molecule has 0 bridgehead atoms. The number of sulfonamides is 1. The molecule has 0 unspecified atom stereocenters. The van der Waals surface area contributed by atoms with Gasteiger partial charge in [-0.1, -0.05) is 29.8 Å². The van der Waals surface area contributed by atoms with Crippen LogP contribution < -0.4 is 10.0 Å². The zero-order valence-corrected chi connectivity index (χ0v) is 18.0. The van der Waals surface area contributed by atoms with Crippen molar-refractivity contribution in [2.45, 2.75) is 38.5 Å². The van der Waals surface area contributed by atoms with E-state index in [1.807, 2.05) is 31.2 Å². The fourth-order valence-electron chi connectivity index (χ4n) is 2.90. The molecule has 0 atom stereocenters. The van der Waals surface area contributed by atoms with Crippen LogP contribution in [0.25, 0.3) is 0 Å². The van der Waals surface area contributed by atoms with E-state index in [0.29, 0.717) is 29.9 Å². The normalized spacial score (nSPS) is 11.2. The number of hydrogen-bond donors (Lipinski definition) is 2. The third-order valence-electron chi connectivity index (χ3n) is 4.42. The summed E-state index contributed by atoms with van der Waals surface area (Å²) in [6, 6.07) is 15.8. The van der Waals surface area contributed by atoms with Crippen LogP contribution in [0.15, 0.2) is 59.5 Å². The van der Waals surface area contributed by atoms with E-state index in [0.717, 1.165) is 5.56 Å². The van der Waals surface area contributed by atoms with Gasteiger partial charge in [0, 0.05) is 23.5 Å². The summed E-state index contributed by atoms with van der Waals surface area (Å²) in [5.41, 5.74) is 4.15. The highest BCUT2D eigenvalue weighted by Gasteiger charge is 2.16. The fourth-order valence-corrected chi connectivity index (χ4v) is 3.85. The predicted molar refractivity (Wildman–Crippen MR) is 117 cm³/mol. The largest absolute Gasteiger partial charge is 0.326 e. The van der Waals surface area contributed by atoms with Crippen LogP contribution in [0.1, 0.15) is 28.9 Å². The Morgan fingerprint density at radius 2 is 1.50 bits per heavy atom. The number of rotatable bonds is 7. The third-order valence-corrected chi connectivity index (χ3v) is 5.76. The lowest BCUT2D eigenvalue weighted by atomic mass is 10.1. The van der Waals surface area contributed by atoms with Gasteiger partial charge in [0.15, 0.2) is 0 Å². The van der Waals surface area contributed by atoms with E-state index in [-0.39, 0.29) is 16.8 Å². The summed E-state index contributed by atoms with van der Waals surface area (Å²) in [6.07, 6.45) is 0.979. The molecule has 0 radical (unpaired) electrons. The number of aryl methyl sites for hydroxylation is 4. The van der Waals surface area contributed by atoms with E-state index in [1.165, 1.54) is 17.7 Å². The standard InChI is InChI=1S/C22H24N4O3S/c1-15-4-6-18(7-5-15)8-13-21(27)25-19-9-11-20(12-10-19)30(28,29)26-22-23-16(2)14-17(3)24-22/h4-7,9-12,14H,8,13H2,1-3H3,(H,25,27)(H,23,24,26). The molecule has 0 fully saturated rings. The van der Waals surface area contributed by atoms with Crippen LogP contribution in [0.5, 0.6) is 0 Å². The van der Waals surface area contributed by atoms with Gasteiger partial charge >= 0.3 is 0 Å².